The zero-order chi connectivity index (χ0) is 15.7. The molecule has 0 spiro atoms. The first-order chi connectivity index (χ1) is 10.6. The molecule has 118 valence electrons. The van der Waals surface area contributed by atoms with Gasteiger partial charge in [0.15, 0.2) is 0 Å². The highest BCUT2D eigenvalue weighted by Crippen LogP contribution is 2.30. The number of rotatable bonds is 3. The van der Waals surface area contributed by atoms with Gasteiger partial charge in [-0.25, -0.2) is 4.79 Å². The molecule has 1 aromatic carbocycles. The predicted molar refractivity (Wildman–Crippen MR) is 87.1 cm³/mol. The van der Waals surface area contributed by atoms with E-state index in [1.54, 1.807) is 0 Å². The number of ether oxygens (including phenoxy) is 1. The van der Waals surface area contributed by atoms with E-state index in [2.05, 4.69) is 11.8 Å². The number of hydrogen-bond acceptors (Lipinski definition) is 5. The Hall–Kier alpha value is -2.01. The third-order valence-corrected chi connectivity index (χ3v) is 4.35. The summed E-state index contributed by atoms with van der Waals surface area (Å²) in [7, 11) is 0. The zero-order valence-electron chi connectivity index (χ0n) is 13.1. The molecule has 2 heterocycles. The molecular weight excluding hydrogens is 280 g/mol. The second-order valence-electron chi connectivity index (χ2n) is 5.90. The Balaban J connectivity index is 1.91. The Morgan fingerprint density at radius 3 is 2.73 bits per heavy atom. The van der Waals surface area contributed by atoms with Gasteiger partial charge in [-0.2, -0.15) is 0 Å². The summed E-state index contributed by atoms with van der Waals surface area (Å²) in [5.41, 5.74) is 7.20. The van der Waals surface area contributed by atoms with Crippen LogP contribution in [0.1, 0.15) is 31.7 Å². The van der Waals surface area contributed by atoms with Gasteiger partial charge in [0.25, 0.3) is 0 Å². The summed E-state index contributed by atoms with van der Waals surface area (Å²) >= 11 is 0. The smallest absolute Gasteiger partial charge is 0.338 e. The molecule has 5 heteroatoms. The van der Waals surface area contributed by atoms with Gasteiger partial charge >= 0.3 is 5.63 Å². The molecule has 0 amide bonds. The van der Waals surface area contributed by atoms with Crippen molar-refractivity contribution in [1.82, 2.24) is 4.90 Å². The molecule has 1 fully saturated rings. The van der Waals surface area contributed by atoms with Gasteiger partial charge in [0, 0.05) is 35.8 Å². The lowest BCUT2D eigenvalue weighted by molar-refractivity contribution is 0.0258. The average molecular weight is 302 g/mol. The van der Waals surface area contributed by atoms with Crippen LogP contribution in [0, 0.1) is 6.92 Å². The second kappa shape index (κ2) is 6.01. The molecule has 0 radical (unpaired) electrons. The number of piperidine rings is 1. The Kier molecular flexibility index (Phi) is 4.07. The van der Waals surface area contributed by atoms with E-state index in [9.17, 15) is 4.79 Å². The zero-order valence-corrected chi connectivity index (χ0v) is 13.1. The number of nitrogens with zero attached hydrogens (tertiary/aromatic N) is 1. The molecule has 1 aromatic heterocycles. The summed E-state index contributed by atoms with van der Waals surface area (Å²) in [6.07, 6.45) is 3.73. The normalized spacial score (nSPS) is 17.5. The fourth-order valence-electron chi connectivity index (χ4n) is 3.04. The predicted octanol–water partition coefficient (Wildman–Crippen LogP) is 2.89. The Morgan fingerprint density at radius 1 is 1.27 bits per heavy atom. The van der Waals surface area contributed by atoms with E-state index in [-0.39, 0.29) is 6.23 Å². The van der Waals surface area contributed by atoms with E-state index in [1.165, 1.54) is 25.3 Å². The van der Waals surface area contributed by atoms with E-state index in [0.29, 0.717) is 11.3 Å². The molecular formula is C17H22N2O3. The van der Waals surface area contributed by atoms with Crippen LogP contribution in [-0.4, -0.2) is 24.2 Å². The average Bonchev–Trinajstić information content (AvgIpc) is 2.51. The quantitative estimate of drug-likeness (QED) is 0.883. The molecule has 1 unspecified atom stereocenters. The number of anilines is 1. The van der Waals surface area contributed by atoms with Gasteiger partial charge in [0.1, 0.15) is 17.6 Å². The lowest BCUT2D eigenvalue weighted by Gasteiger charge is -2.32. The third kappa shape index (κ3) is 2.81. The van der Waals surface area contributed by atoms with Crippen LogP contribution in [0.4, 0.5) is 5.69 Å². The monoisotopic (exact) mass is 302 g/mol. The van der Waals surface area contributed by atoms with Crippen LogP contribution in [-0.2, 0) is 0 Å². The molecule has 22 heavy (non-hydrogen) atoms. The van der Waals surface area contributed by atoms with Crippen LogP contribution in [0.25, 0.3) is 11.0 Å². The van der Waals surface area contributed by atoms with Crippen molar-refractivity contribution in [1.29, 1.82) is 0 Å². The number of nitrogens with two attached hydrogens (primary N) is 1. The van der Waals surface area contributed by atoms with E-state index < -0.39 is 5.63 Å². The van der Waals surface area contributed by atoms with E-state index in [0.717, 1.165) is 29.8 Å². The minimum Gasteiger partial charge on any atom is -0.475 e. The van der Waals surface area contributed by atoms with Crippen molar-refractivity contribution in [3.05, 3.63) is 34.2 Å². The van der Waals surface area contributed by atoms with Crippen LogP contribution in [0.2, 0.25) is 0 Å². The van der Waals surface area contributed by atoms with Crippen molar-refractivity contribution >= 4 is 16.7 Å². The van der Waals surface area contributed by atoms with Crippen molar-refractivity contribution < 1.29 is 9.15 Å². The highest BCUT2D eigenvalue weighted by Gasteiger charge is 2.19. The fourth-order valence-corrected chi connectivity index (χ4v) is 3.04. The molecule has 0 saturated carbocycles. The summed E-state index contributed by atoms with van der Waals surface area (Å²) in [5.74, 6) is 0.735. The number of likely N-dealkylation sites (tertiary alicyclic amines) is 1. The van der Waals surface area contributed by atoms with Crippen LogP contribution < -0.4 is 16.1 Å². The van der Waals surface area contributed by atoms with Crippen LogP contribution in [0.3, 0.4) is 0 Å². The SMILES string of the molecule is Cc1c(OC(C)N2CCCCC2)ccc2c(N)cc(=O)oc12. The lowest BCUT2D eigenvalue weighted by atomic mass is 10.1. The van der Waals surface area contributed by atoms with Gasteiger partial charge in [-0.1, -0.05) is 6.42 Å². The summed E-state index contributed by atoms with van der Waals surface area (Å²) in [5, 5.41) is 0.745. The maximum absolute atomic E-state index is 11.5. The Labute approximate surface area is 129 Å². The van der Waals surface area contributed by atoms with Crippen molar-refractivity contribution in [2.75, 3.05) is 18.8 Å². The van der Waals surface area contributed by atoms with Crippen molar-refractivity contribution in [3.63, 3.8) is 0 Å². The number of aryl methyl sites for hydroxylation is 1. The van der Waals surface area contributed by atoms with Crippen LogP contribution in [0.5, 0.6) is 5.75 Å². The third-order valence-electron chi connectivity index (χ3n) is 4.35. The Morgan fingerprint density at radius 2 is 2.00 bits per heavy atom. The lowest BCUT2D eigenvalue weighted by Crippen LogP contribution is -2.40. The molecule has 3 rings (SSSR count). The molecule has 1 aliphatic rings. The first-order valence-electron chi connectivity index (χ1n) is 7.80. The van der Waals surface area contributed by atoms with Gasteiger partial charge in [-0.05, 0) is 38.8 Å². The summed E-state index contributed by atoms with van der Waals surface area (Å²) in [6.45, 7) is 6.08. The van der Waals surface area contributed by atoms with Crippen molar-refractivity contribution in [2.45, 2.75) is 39.3 Å². The maximum atomic E-state index is 11.5. The number of hydrogen-bond donors (Lipinski definition) is 1. The first kappa shape index (κ1) is 14.9. The standard InChI is InChI=1S/C17H22N2O3/c1-11-15(21-12(2)19-8-4-3-5-9-19)7-6-13-14(18)10-16(20)22-17(11)13/h6-7,10,12H,3-5,8-9,18H2,1-2H3. The highest BCUT2D eigenvalue weighted by atomic mass is 16.5. The fraction of sp³-hybridized carbons (Fsp3) is 0.471. The van der Waals surface area contributed by atoms with Crippen LogP contribution >= 0.6 is 0 Å². The van der Waals surface area contributed by atoms with Gasteiger partial charge in [-0.15, -0.1) is 0 Å². The number of nitrogen functional groups attached to an aromatic ring is 1. The molecule has 0 aliphatic carbocycles. The molecule has 1 saturated heterocycles. The van der Waals surface area contributed by atoms with Gasteiger partial charge in [0.05, 0.1) is 0 Å². The largest absolute Gasteiger partial charge is 0.475 e. The summed E-state index contributed by atoms with van der Waals surface area (Å²) < 4.78 is 11.4. The van der Waals surface area contributed by atoms with E-state index in [1.807, 2.05) is 19.1 Å². The summed E-state index contributed by atoms with van der Waals surface area (Å²) in [6, 6.07) is 5.05. The first-order valence-corrected chi connectivity index (χ1v) is 7.80. The number of fused-ring (bicyclic) bond motifs is 1. The Bertz CT molecular complexity index is 732. The maximum Gasteiger partial charge on any atom is 0.338 e. The van der Waals surface area contributed by atoms with Crippen LogP contribution in [0.15, 0.2) is 27.4 Å². The highest BCUT2D eigenvalue weighted by molar-refractivity contribution is 5.91. The molecule has 1 aliphatic heterocycles. The van der Waals surface area contributed by atoms with E-state index in [4.69, 9.17) is 14.9 Å². The number of benzene rings is 1. The molecule has 0 bridgehead atoms. The van der Waals surface area contributed by atoms with Gasteiger partial charge in [0.2, 0.25) is 0 Å². The van der Waals surface area contributed by atoms with Gasteiger partial charge < -0.3 is 14.9 Å². The minimum atomic E-state index is -0.436. The summed E-state index contributed by atoms with van der Waals surface area (Å²) in [4.78, 5) is 13.9. The molecule has 2 aromatic rings. The van der Waals surface area contributed by atoms with Crippen molar-refractivity contribution in [3.8, 4) is 5.75 Å². The van der Waals surface area contributed by atoms with Gasteiger partial charge in [-0.3, -0.25) is 4.90 Å². The molecule has 2 N–H and O–H groups in total. The second-order valence-corrected chi connectivity index (χ2v) is 5.90. The topological polar surface area (TPSA) is 68.7 Å². The molecule has 5 nitrogen and oxygen atoms in total. The minimum absolute atomic E-state index is 0.00392. The van der Waals surface area contributed by atoms with E-state index >= 15 is 0 Å². The van der Waals surface area contributed by atoms with Crippen molar-refractivity contribution in [2.24, 2.45) is 0 Å². The molecule has 1 atom stereocenters.